The predicted octanol–water partition coefficient (Wildman–Crippen LogP) is -1.72. The lowest BCUT2D eigenvalue weighted by atomic mass is 9.79. The summed E-state index contributed by atoms with van der Waals surface area (Å²) in [6.45, 7) is 6.08. The molecule has 3 fully saturated rings. The Labute approximate surface area is 225 Å². The van der Waals surface area contributed by atoms with Gasteiger partial charge in [0, 0.05) is 55.2 Å². The molecule has 0 saturated carbocycles. The zero-order chi connectivity index (χ0) is 27.9. The van der Waals surface area contributed by atoms with Crippen molar-refractivity contribution in [2.75, 3.05) is 46.3 Å². The number of carboxylic acids is 1. The Bertz CT molecular complexity index is 1050. The SMILES string of the molecule is CC(O)C1C(=O)N2C(C(=O)O)=C(SC3CC(C(=O)N4CCN(C(=O)CCN=C(N)N)CC4)N(C)C3)C(C)C12. The number of nitrogens with two attached hydrogens (primary N) is 2. The summed E-state index contributed by atoms with van der Waals surface area (Å²) in [7, 11) is 1.89. The summed E-state index contributed by atoms with van der Waals surface area (Å²) in [5.74, 6) is -2.41. The number of aliphatic imine (C=N–C) groups is 1. The van der Waals surface area contributed by atoms with E-state index in [4.69, 9.17) is 11.5 Å². The number of rotatable bonds is 8. The molecule has 0 aromatic carbocycles. The maximum Gasteiger partial charge on any atom is 0.353 e. The summed E-state index contributed by atoms with van der Waals surface area (Å²) in [4.78, 5) is 61.7. The molecule has 0 radical (unpaired) electrons. The minimum Gasteiger partial charge on any atom is -0.477 e. The number of amides is 3. The lowest BCUT2D eigenvalue weighted by molar-refractivity contribution is -0.163. The summed E-state index contributed by atoms with van der Waals surface area (Å²) in [6.07, 6.45) is -0.0803. The summed E-state index contributed by atoms with van der Waals surface area (Å²) in [6, 6.07) is -0.697. The molecule has 0 aliphatic carbocycles. The van der Waals surface area contributed by atoms with E-state index in [1.165, 1.54) is 16.7 Å². The van der Waals surface area contributed by atoms with E-state index in [0.717, 1.165) is 0 Å². The molecule has 4 aliphatic rings. The van der Waals surface area contributed by atoms with Crippen molar-refractivity contribution in [3.05, 3.63) is 10.6 Å². The maximum atomic E-state index is 13.4. The molecule has 0 aromatic rings. The number of piperazine rings is 1. The fourth-order valence-corrected chi connectivity index (χ4v) is 7.61. The van der Waals surface area contributed by atoms with Gasteiger partial charge in [0.2, 0.25) is 17.7 Å². The monoisotopic (exact) mass is 551 g/mol. The second-order valence-electron chi connectivity index (χ2n) is 10.5. The van der Waals surface area contributed by atoms with E-state index in [-0.39, 0.29) is 65.6 Å². The van der Waals surface area contributed by atoms with Gasteiger partial charge in [0.15, 0.2) is 5.96 Å². The number of aliphatic hydroxyl groups is 1. The van der Waals surface area contributed by atoms with E-state index in [0.29, 0.717) is 44.0 Å². The van der Waals surface area contributed by atoms with Crippen LogP contribution in [0.1, 0.15) is 26.7 Å². The third-order valence-electron chi connectivity index (χ3n) is 7.96. The smallest absolute Gasteiger partial charge is 0.353 e. The minimum atomic E-state index is -1.15. The number of nitrogens with zero attached hydrogens (tertiary/aromatic N) is 5. The molecule has 38 heavy (non-hydrogen) atoms. The van der Waals surface area contributed by atoms with Crippen LogP contribution < -0.4 is 11.5 Å². The van der Waals surface area contributed by atoms with E-state index in [1.807, 2.05) is 18.9 Å². The van der Waals surface area contributed by atoms with Gasteiger partial charge in [0.25, 0.3) is 0 Å². The van der Waals surface area contributed by atoms with E-state index in [9.17, 15) is 29.4 Å². The zero-order valence-electron chi connectivity index (χ0n) is 21.9. The first-order valence-electron chi connectivity index (χ1n) is 12.9. The van der Waals surface area contributed by atoms with Gasteiger partial charge >= 0.3 is 5.97 Å². The molecule has 0 spiro atoms. The molecule has 0 aromatic heterocycles. The molecule has 6 N–H and O–H groups in total. The van der Waals surface area contributed by atoms with Crippen molar-refractivity contribution < 1.29 is 29.4 Å². The highest BCUT2D eigenvalue weighted by Gasteiger charge is 2.60. The standard InChI is InChI=1S/C24H37N7O6S/c1-12-18-17(13(2)32)22(35)31(18)19(23(36)37)20(12)38-14-10-15(28(3)11-14)21(34)30-8-6-29(7-9-30)16(33)4-5-27-24(25)26/h12-15,17-18,32H,4-11H2,1-3H3,(H,36,37)(H4,25,26,27). The van der Waals surface area contributed by atoms with Crippen LogP contribution >= 0.6 is 11.8 Å². The second-order valence-corrected chi connectivity index (χ2v) is 11.8. The zero-order valence-corrected chi connectivity index (χ0v) is 22.8. The van der Waals surface area contributed by atoms with Crippen LogP contribution in [0.5, 0.6) is 0 Å². The number of thioether (sulfide) groups is 1. The quantitative estimate of drug-likeness (QED) is 0.154. The average Bonchev–Trinajstić information content (AvgIpc) is 3.33. The lowest BCUT2D eigenvalue weighted by Crippen LogP contribution is -2.63. The Morgan fingerprint density at radius 3 is 2.37 bits per heavy atom. The number of guanidine groups is 1. The number of hydrogen-bond acceptors (Lipinski definition) is 8. The Kier molecular flexibility index (Phi) is 8.23. The average molecular weight is 552 g/mol. The number of carbonyl (C=O) groups is 4. The van der Waals surface area contributed by atoms with E-state index in [1.54, 1.807) is 16.7 Å². The number of hydrogen-bond donors (Lipinski definition) is 4. The summed E-state index contributed by atoms with van der Waals surface area (Å²) in [5.41, 5.74) is 10.6. The van der Waals surface area contributed by atoms with Gasteiger partial charge in [-0.15, -0.1) is 11.8 Å². The number of aliphatic hydroxyl groups excluding tert-OH is 1. The fourth-order valence-electron chi connectivity index (χ4n) is 6.01. The first-order chi connectivity index (χ1) is 17.9. The predicted molar refractivity (Wildman–Crippen MR) is 140 cm³/mol. The maximum absolute atomic E-state index is 13.4. The molecule has 4 rings (SSSR count). The Morgan fingerprint density at radius 1 is 1.16 bits per heavy atom. The normalized spacial score (nSPS) is 30.3. The Balaban J connectivity index is 1.35. The van der Waals surface area contributed by atoms with Gasteiger partial charge in [-0.1, -0.05) is 6.92 Å². The van der Waals surface area contributed by atoms with Gasteiger partial charge in [0.1, 0.15) is 5.70 Å². The molecule has 4 heterocycles. The van der Waals surface area contributed by atoms with Crippen molar-refractivity contribution in [2.24, 2.45) is 28.3 Å². The van der Waals surface area contributed by atoms with Crippen molar-refractivity contribution >= 4 is 41.4 Å². The number of β-lactam (4-membered cyclic amide) rings is 1. The van der Waals surface area contributed by atoms with Crippen LogP contribution in [0.25, 0.3) is 0 Å². The van der Waals surface area contributed by atoms with Crippen molar-refractivity contribution in [3.8, 4) is 0 Å². The molecule has 6 atom stereocenters. The van der Waals surface area contributed by atoms with Crippen LogP contribution in [-0.2, 0) is 19.2 Å². The number of aliphatic carboxylic acids is 1. The summed E-state index contributed by atoms with van der Waals surface area (Å²) < 4.78 is 0. The van der Waals surface area contributed by atoms with Crippen LogP contribution in [0.2, 0.25) is 0 Å². The van der Waals surface area contributed by atoms with Crippen molar-refractivity contribution in [2.45, 2.75) is 50.1 Å². The topological polar surface area (TPSA) is 186 Å². The van der Waals surface area contributed by atoms with Gasteiger partial charge in [-0.2, -0.15) is 0 Å². The van der Waals surface area contributed by atoms with Gasteiger partial charge < -0.3 is 36.4 Å². The number of likely N-dealkylation sites (tertiary alicyclic amines) is 1. The largest absolute Gasteiger partial charge is 0.477 e. The number of carboxylic acid groups (broad SMARTS) is 1. The van der Waals surface area contributed by atoms with Gasteiger partial charge in [-0.25, -0.2) is 4.79 Å². The highest BCUT2D eigenvalue weighted by Crippen LogP contribution is 2.52. The van der Waals surface area contributed by atoms with Crippen molar-refractivity contribution in [3.63, 3.8) is 0 Å². The Hall–Kier alpha value is -2.84. The molecule has 3 amide bonds. The summed E-state index contributed by atoms with van der Waals surface area (Å²) >= 11 is 1.44. The van der Waals surface area contributed by atoms with E-state index >= 15 is 0 Å². The third-order valence-corrected chi connectivity index (χ3v) is 9.46. The molecular formula is C24H37N7O6S. The van der Waals surface area contributed by atoms with Crippen LogP contribution in [0.15, 0.2) is 15.6 Å². The first-order valence-corrected chi connectivity index (χ1v) is 13.8. The van der Waals surface area contributed by atoms with Gasteiger partial charge in [-0.3, -0.25) is 24.3 Å². The van der Waals surface area contributed by atoms with Crippen molar-refractivity contribution in [1.82, 2.24) is 19.6 Å². The lowest BCUT2D eigenvalue weighted by Gasteiger charge is -2.46. The second kappa shape index (κ2) is 11.1. The van der Waals surface area contributed by atoms with Crippen LogP contribution in [0, 0.1) is 11.8 Å². The number of carbonyl (C=O) groups excluding carboxylic acids is 3. The number of likely N-dealkylation sites (N-methyl/N-ethyl adjacent to an activating group) is 1. The minimum absolute atomic E-state index is 0.00304. The van der Waals surface area contributed by atoms with Crippen LogP contribution in [-0.4, -0.2) is 129 Å². The molecule has 3 saturated heterocycles. The van der Waals surface area contributed by atoms with E-state index < -0.39 is 18.0 Å². The molecular weight excluding hydrogens is 514 g/mol. The highest BCUT2D eigenvalue weighted by atomic mass is 32.2. The molecule has 6 unspecified atom stereocenters. The van der Waals surface area contributed by atoms with Gasteiger partial charge in [0.05, 0.1) is 30.7 Å². The molecule has 14 heteroatoms. The highest BCUT2D eigenvalue weighted by molar-refractivity contribution is 8.03. The van der Waals surface area contributed by atoms with Gasteiger partial charge in [-0.05, 0) is 20.4 Å². The van der Waals surface area contributed by atoms with E-state index in [2.05, 4.69) is 4.99 Å². The molecule has 210 valence electrons. The third kappa shape index (κ3) is 5.21. The first kappa shape index (κ1) is 28.2. The fraction of sp³-hybridized carbons (Fsp3) is 0.708. The Morgan fingerprint density at radius 2 is 1.79 bits per heavy atom. The van der Waals surface area contributed by atoms with Crippen LogP contribution in [0.4, 0.5) is 0 Å². The molecule has 4 aliphatic heterocycles. The van der Waals surface area contributed by atoms with Crippen molar-refractivity contribution in [1.29, 1.82) is 0 Å². The molecule has 0 bridgehead atoms. The molecule has 13 nitrogen and oxygen atoms in total. The summed E-state index contributed by atoms with van der Waals surface area (Å²) in [5, 5.41) is 19.9. The van der Waals surface area contributed by atoms with Crippen LogP contribution in [0.3, 0.4) is 0 Å². The number of fused-ring (bicyclic) bond motifs is 1.